The SMILES string of the molecule is CC.CC(=O)NCC(C)(C)C(=O)OC(CC(C)C)C(=O)O.CC(CC/C=C/C(N)=O)C1OC1c1ccccc1.COc1ccc(C)cc1Cl. The predicted octanol–water partition coefficient (Wildman–Crippen LogP) is 7.46. The standard InChI is InChI=1S/C15H19NO2.C13H23NO5.C8H9ClO.C2H6/c1-11(7-5-6-10-13(16)17)14-15(18-14)12-8-3-2-4-9-12;1-8(2)6-10(11(16)17)19-12(18)13(4,5)7-14-9(3)15;1-6-3-4-8(10-2)7(9)5-6;1-2/h2-4,6,8-11,14-15H,5,7H2,1H3,(H2,16,17);8,10H,6-7H2,1-5H3,(H,14,15)(H,16,17);3-5H,1-2H3;1-2H3/b10-6+;;;. The van der Waals surface area contributed by atoms with Gasteiger partial charge < -0.3 is 30.4 Å². The van der Waals surface area contributed by atoms with Gasteiger partial charge in [-0.3, -0.25) is 14.4 Å². The number of carbonyl (C=O) groups excluding carboxylic acids is 3. The van der Waals surface area contributed by atoms with Crippen molar-refractivity contribution in [3.8, 4) is 5.75 Å². The number of benzene rings is 2. The minimum Gasteiger partial charge on any atom is -0.495 e. The molecule has 0 radical (unpaired) electrons. The van der Waals surface area contributed by atoms with Crippen molar-refractivity contribution < 1.29 is 38.5 Å². The summed E-state index contributed by atoms with van der Waals surface area (Å²) >= 11 is 5.80. The number of primary amides is 1. The van der Waals surface area contributed by atoms with Gasteiger partial charge in [0.2, 0.25) is 11.8 Å². The van der Waals surface area contributed by atoms with E-state index in [0.717, 1.165) is 24.2 Å². The summed E-state index contributed by atoms with van der Waals surface area (Å²) in [4.78, 5) is 44.3. The van der Waals surface area contributed by atoms with Crippen molar-refractivity contribution in [3.05, 3.63) is 76.8 Å². The number of methoxy groups -OCH3 is 1. The van der Waals surface area contributed by atoms with Gasteiger partial charge in [-0.05, 0) is 81.2 Å². The second kappa shape index (κ2) is 23.5. The molecule has 4 atom stereocenters. The molecule has 2 amide bonds. The number of nitrogens with two attached hydrogens (primary N) is 1. The predicted molar refractivity (Wildman–Crippen MR) is 194 cm³/mol. The zero-order chi connectivity index (χ0) is 37.7. The first-order chi connectivity index (χ1) is 23.0. The number of carbonyl (C=O) groups is 4. The summed E-state index contributed by atoms with van der Waals surface area (Å²) < 4.78 is 15.7. The number of epoxide rings is 1. The molecule has 0 bridgehead atoms. The smallest absolute Gasteiger partial charge is 0.345 e. The molecule has 0 aromatic heterocycles. The number of esters is 1. The van der Waals surface area contributed by atoms with Crippen LogP contribution in [0, 0.1) is 24.2 Å². The highest BCUT2D eigenvalue weighted by atomic mass is 35.5. The minimum atomic E-state index is -1.16. The molecule has 1 fully saturated rings. The fourth-order valence-corrected chi connectivity index (χ4v) is 4.61. The minimum absolute atomic E-state index is 0.104. The Morgan fingerprint density at radius 2 is 1.69 bits per heavy atom. The van der Waals surface area contributed by atoms with Crippen molar-refractivity contribution in [2.24, 2.45) is 23.0 Å². The summed E-state index contributed by atoms with van der Waals surface area (Å²) in [6.45, 7) is 16.5. The lowest BCUT2D eigenvalue weighted by Crippen LogP contribution is -2.42. The molecule has 1 aliphatic rings. The Labute approximate surface area is 297 Å². The van der Waals surface area contributed by atoms with E-state index < -0.39 is 23.5 Å². The molecule has 2 aromatic carbocycles. The van der Waals surface area contributed by atoms with Gasteiger partial charge in [-0.25, -0.2) is 4.79 Å². The molecule has 10 nitrogen and oxygen atoms in total. The van der Waals surface area contributed by atoms with Crippen LogP contribution in [0.25, 0.3) is 0 Å². The summed E-state index contributed by atoms with van der Waals surface area (Å²) in [6.07, 6.45) is 4.81. The lowest BCUT2D eigenvalue weighted by atomic mass is 9.93. The van der Waals surface area contributed by atoms with Gasteiger partial charge in [0, 0.05) is 13.5 Å². The molecule has 1 aliphatic heterocycles. The lowest BCUT2D eigenvalue weighted by molar-refractivity contribution is -0.171. The third-order valence-electron chi connectivity index (χ3n) is 7.13. The highest BCUT2D eigenvalue weighted by Gasteiger charge is 2.43. The lowest BCUT2D eigenvalue weighted by Gasteiger charge is -2.25. The van der Waals surface area contributed by atoms with E-state index in [1.165, 1.54) is 18.6 Å². The Kier molecular flexibility index (Phi) is 21.6. The molecular weight excluding hydrogens is 648 g/mol. The zero-order valence-corrected chi connectivity index (χ0v) is 31.5. The third-order valence-corrected chi connectivity index (χ3v) is 7.43. The Bertz CT molecular complexity index is 1330. The molecule has 0 aliphatic carbocycles. The van der Waals surface area contributed by atoms with Crippen molar-refractivity contribution in [2.45, 2.75) is 99.9 Å². The van der Waals surface area contributed by atoms with Gasteiger partial charge in [0.15, 0.2) is 6.10 Å². The van der Waals surface area contributed by atoms with Crippen LogP contribution < -0.4 is 15.8 Å². The highest BCUT2D eigenvalue weighted by Crippen LogP contribution is 2.44. The number of ether oxygens (including phenoxy) is 3. The summed E-state index contributed by atoms with van der Waals surface area (Å²) in [5.41, 5.74) is 6.46. The van der Waals surface area contributed by atoms with Crippen LogP contribution in [0.4, 0.5) is 0 Å². The van der Waals surface area contributed by atoms with Gasteiger partial charge in [-0.15, -0.1) is 0 Å². The number of aryl methyl sites for hydroxylation is 1. The third kappa shape index (κ3) is 19.0. The highest BCUT2D eigenvalue weighted by molar-refractivity contribution is 6.32. The first-order valence-corrected chi connectivity index (χ1v) is 17.0. The molecule has 4 unspecified atom stereocenters. The topological polar surface area (TPSA) is 158 Å². The number of aliphatic carboxylic acids is 1. The van der Waals surface area contributed by atoms with Crippen molar-refractivity contribution in [1.29, 1.82) is 0 Å². The monoisotopic (exact) mass is 704 g/mol. The van der Waals surface area contributed by atoms with Crippen LogP contribution in [0.15, 0.2) is 60.7 Å². The van der Waals surface area contributed by atoms with Crippen LogP contribution in [0.5, 0.6) is 5.75 Å². The van der Waals surface area contributed by atoms with Crippen LogP contribution in [-0.4, -0.2) is 54.7 Å². The van der Waals surface area contributed by atoms with Gasteiger partial charge >= 0.3 is 11.9 Å². The van der Waals surface area contributed by atoms with Gasteiger partial charge in [0.1, 0.15) is 11.9 Å². The second-order valence-corrected chi connectivity index (χ2v) is 13.0. The Hall–Kier alpha value is -3.89. The number of amides is 2. The van der Waals surface area contributed by atoms with E-state index in [1.807, 2.05) is 77.1 Å². The fraction of sp³-hybridized carbons (Fsp3) is 0.526. The van der Waals surface area contributed by atoms with E-state index in [0.29, 0.717) is 17.0 Å². The number of rotatable bonds is 14. The molecule has 274 valence electrons. The number of hydrogen-bond acceptors (Lipinski definition) is 7. The molecule has 1 heterocycles. The molecule has 0 spiro atoms. The Morgan fingerprint density at radius 3 is 2.18 bits per heavy atom. The van der Waals surface area contributed by atoms with Gasteiger partial charge in [0.25, 0.3) is 0 Å². The van der Waals surface area contributed by atoms with E-state index in [1.54, 1.807) is 21.0 Å². The van der Waals surface area contributed by atoms with E-state index in [4.69, 9.17) is 36.7 Å². The largest absolute Gasteiger partial charge is 0.495 e. The number of carboxylic acid groups (broad SMARTS) is 1. The summed E-state index contributed by atoms with van der Waals surface area (Å²) in [5, 5.41) is 12.2. The van der Waals surface area contributed by atoms with Crippen LogP contribution in [0.1, 0.15) is 91.9 Å². The van der Waals surface area contributed by atoms with E-state index in [2.05, 4.69) is 24.4 Å². The first kappa shape index (κ1) is 45.1. The number of halogens is 1. The second-order valence-electron chi connectivity index (χ2n) is 12.6. The Balaban J connectivity index is 0.000000715. The molecule has 0 saturated carbocycles. The normalized spacial score (nSPS) is 15.9. The van der Waals surface area contributed by atoms with E-state index >= 15 is 0 Å². The maximum atomic E-state index is 11.9. The maximum absolute atomic E-state index is 11.9. The number of hydrogen-bond donors (Lipinski definition) is 3. The van der Waals surface area contributed by atoms with Crippen molar-refractivity contribution in [2.75, 3.05) is 13.7 Å². The molecule has 49 heavy (non-hydrogen) atoms. The van der Waals surface area contributed by atoms with Crippen LogP contribution in [0.3, 0.4) is 0 Å². The van der Waals surface area contributed by atoms with Crippen LogP contribution >= 0.6 is 11.6 Å². The molecule has 2 aromatic rings. The van der Waals surface area contributed by atoms with Crippen LogP contribution in [0.2, 0.25) is 5.02 Å². The average molecular weight is 705 g/mol. The maximum Gasteiger partial charge on any atom is 0.345 e. The fourth-order valence-electron chi connectivity index (χ4n) is 4.30. The van der Waals surface area contributed by atoms with E-state index in [-0.39, 0.29) is 36.8 Å². The number of nitrogens with one attached hydrogen (secondary N) is 1. The zero-order valence-electron chi connectivity index (χ0n) is 30.7. The summed E-state index contributed by atoms with van der Waals surface area (Å²) in [5.74, 6) is -1.09. The first-order valence-electron chi connectivity index (χ1n) is 16.6. The van der Waals surface area contributed by atoms with Crippen molar-refractivity contribution >= 4 is 35.4 Å². The quantitative estimate of drug-likeness (QED) is 0.104. The van der Waals surface area contributed by atoms with Gasteiger partial charge in [-0.2, -0.15) is 0 Å². The molecule has 3 rings (SSSR count). The number of allylic oxidation sites excluding steroid dienone is 1. The molecule has 11 heteroatoms. The summed E-state index contributed by atoms with van der Waals surface area (Å²) in [7, 11) is 1.61. The molecule has 4 N–H and O–H groups in total. The van der Waals surface area contributed by atoms with Crippen molar-refractivity contribution in [3.63, 3.8) is 0 Å². The summed E-state index contributed by atoms with van der Waals surface area (Å²) in [6, 6.07) is 16.0. The van der Waals surface area contributed by atoms with Gasteiger partial charge in [0.05, 0.1) is 23.7 Å². The average Bonchev–Trinajstić information content (AvgIpc) is 3.85. The van der Waals surface area contributed by atoms with Gasteiger partial charge in [-0.1, -0.05) is 88.7 Å². The van der Waals surface area contributed by atoms with E-state index in [9.17, 15) is 19.2 Å². The number of carboxylic acids is 1. The molecular formula is C38H57ClN2O8. The Morgan fingerprint density at radius 1 is 1.08 bits per heavy atom. The molecule has 1 saturated heterocycles. The van der Waals surface area contributed by atoms with Crippen molar-refractivity contribution in [1.82, 2.24) is 5.32 Å². The van der Waals surface area contributed by atoms with Crippen LogP contribution in [-0.2, 0) is 28.7 Å².